The molecule has 0 rings (SSSR count). The van der Waals surface area contributed by atoms with Crippen LogP contribution >= 0.6 is 0 Å². The summed E-state index contributed by atoms with van der Waals surface area (Å²) in [6, 6.07) is -0.0185. The first-order chi connectivity index (χ1) is 8.24. The number of carbonyl (C=O) groups excluding carboxylic acids is 1. The lowest BCUT2D eigenvalue weighted by Gasteiger charge is -2.23. The van der Waals surface area contributed by atoms with E-state index in [9.17, 15) is 4.79 Å². The highest BCUT2D eigenvalue weighted by atomic mass is 16.6. The maximum absolute atomic E-state index is 11.7. The summed E-state index contributed by atoms with van der Waals surface area (Å²) >= 11 is 0. The van der Waals surface area contributed by atoms with Crippen LogP contribution in [-0.4, -0.2) is 31.5 Å². The Hall–Kier alpha value is -1.03. The summed E-state index contributed by atoms with van der Waals surface area (Å²) in [6.07, 6.45) is 4.35. The third-order valence-corrected chi connectivity index (χ3v) is 2.06. The monoisotopic (exact) mass is 257 g/mol. The minimum atomic E-state index is -0.470. The minimum Gasteiger partial charge on any atom is -0.444 e. The van der Waals surface area contributed by atoms with Crippen molar-refractivity contribution in [3.8, 4) is 0 Å². The molecule has 4 heteroatoms. The second-order valence-electron chi connectivity index (χ2n) is 5.77. The average Bonchev–Trinajstić information content (AvgIpc) is 2.13. The molecule has 1 amide bonds. The third-order valence-electron chi connectivity index (χ3n) is 2.06. The Labute approximate surface area is 111 Å². The number of ether oxygens (including phenoxy) is 2. The molecule has 18 heavy (non-hydrogen) atoms. The molecule has 0 aromatic carbocycles. The Balaban J connectivity index is 4.35. The van der Waals surface area contributed by atoms with Crippen molar-refractivity contribution in [2.45, 2.75) is 52.7 Å². The highest BCUT2D eigenvalue weighted by Crippen LogP contribution is 2.10. The number of nitrogens with one attached hydrogen (secondary N) is 1. The van der Waals surface area contributed by atoms with Crippen LogP contribution in [0.5, 0.6) is 0 Å². The van der Waals surface area contributed by atoms with E-state index in [-0.39, 0.29) is 12.1 Å². The van der Waals surface area contributed by atoms with Gasteiger partial charge in [-0.2, -0.15) is 0 Å². The van der Waals surface area contributed by atoms with Crippen molar-refractivity contribution in [1.29, 1.82) is 0 Å². The third kappa shape index (κ3) is 10.1. The van der Waals surface area contributed by atoms with Crippen molar-refractivity contribution in [3.63, 3.8) is 0 Å². The van der Waals surface area contributed by atoms with Crippen LogP contribution in [0.3, 0.4) is 0 Å². The van der Waals surface area contributed by atoms with Gasteiger partial charge in [-0.15, -0.1) is 0 Å². The summed E-state index contributed by atoms with van der Waals surface area (Å²) in [5.74, 6) is 0.497. The van der Waals surface area contributed by atoms with Crippen LogP contribution in [0.2, 0.25) is 0 Å². The van der Waals surface area contributed by atoms with Gasteiger partial charge in [-0.1, -0.05) is 26.0 Å². The van der Waals surface area contributed by atoms with E-state index in [2.05, 4.69) is 19.2 Å². The zero-order valence-corrected chi connectivity index (χ0v) is 12.4. The summed E-state index contributed by atoms with van der Waals surface area (Å²) in [5, 5.41) is 2.86. The van der Waals surface area contributed by atoms with E-state index in [1.807, 2.05) is 32.9 Å². The number of hydrogen-bond acceptors (Lipinski definition) is 3. The highest BCUT2D eigenvalue weighted by molar-refractivity contribution is 5.68. The highest BCUT2D eigenvalue weighted by Gasteiger charge is 2.18. The summed E-state index contributed by atoms with van der Waals surface area (Å²) in [7, 11) is 1.64. The van der Waals surface area contributed by atoms with Gasteiger partial charge >= 0.3 is 6.09 Å². The number of alkyl carbamates (subject to hydrolysis) is 1. The van der Waals surface area contributed by atoms with Crippen molar-refractivity contribution >= 4 is 6.09 Å². The van der Waals surface area contributed by atoms with E-state index in [4.69, 9.17) is 9.47 Å². The first-order valence-electron chi connectivity index (χ1n) is 6.39. The van der Waals surface area contributed by atoms with Gasteiger partial charge < -0.3 is 14.8 Å². The molecule has 0 heterocycles. The van der Waals surface area contributed by atoms with E-state index in [0.717, 1.165) is 6.42 Å². The largest absolute Gasteiger partial charge is 0.444 e. The molecule has 0 radical (unpaired) electrons. The van der Waals surface area contributed by atoms with Gasteiger partial charge in [0.05, 0.1) is 12.6 Å². The Kier molecular flexibility index (Phi) is 7.67. The standard InChI is InChI=1S/C14H27NO3/c1-11(2)10-12(8-7-9-17-6)15-13(16)18-14(3,4)5/h7-8,11-12H,9-10H2,1-6H3,(H,15,16)/b8-7+. The van der Waals surface area contributed by atoms with Crippen LogP contribution in [0.15, 0.2) is 12.2 Å². The second kappa shape index (κ2) is 8.14. The average molecular weight is 257 g/mol. The lowest BCUT2D eigenvalue weighted by molar-refractivity contribution is 0.0510. The first kappa shape index (κ1) is 17.0. The summed E-state index contributed by atoms with van der Waals surface area (Å²) in [6.45, 7) is 10.3. The van der Waals surface area contributed by atoms with Crippen molar-refractivity contribution < 1.29 is 14.3 Å². The summed E-state index contributed by atoms with van der Waals surface area (Å²) in [4.78, 5) is 11.7. The van der Waals surface area contributed by atoms with Crippen molar-refractivity contribution in [1.82, 2.24) is 5.32 Å². The van der Waals surface area contributed by atoms with E-state index >= 15 is 0 Å². The molecule has 0 aliphatic heterocycles. The normalized spacial score (nSPS) is 13.9. The Morgan fingerprint density at radius 1 is 1.33 bits per heavy atom. The van der Waals surface area contributed by atoms with Crippen molar-refractivity contribution in [3.05, 3.63) is 12.2 Å². The molecular weight excluding hydrogens is 230 g/mol. The zero-order chi connectivity index (χ0) is 14.2. The fraction of sp³-hybridized carbons (Fsp3) is 0.786. The van der Waals surface area contributed by atoms with Gasteiger partial charge in [0.15, 0.2) is 0 Å². The lowest BCUT2D eigenvalue weighted by atomic mass is 10.0. The number of hydrogen-bond donors (Lipinski definition) is 1. The Morgan fingerprint density at radius 2 is 1.94 bits per heavy atom. The predicted molar refractivity (Wildman–Crippen MR) is 73.6 cm³/mol. The number of amides is 1. The van der Waals surface area contributed by atoms with Crippen LogP contribution in [0.4, 0.5) is 4.79 Å². The molecule has 0 aromatic heterocycles. The maximum atomic E-state index is 11.7. The van der Waals surface area contributed by atoms with Crippen LogP contribution < -0.4 is 5.32 Å². The van der Waals surface area contributed by atoms with Crippen LogP contribution in [0.25, 0.3) is 0 Å². The maximum Gasteiger partial charge on any atom is 0.408 e. The molecule has 1 atom stereocenters. The van der Waals surface area contributed by atoms with Gasteiger partial charge in [0, 0.05) is 7.11 Å². The van der Waals surface area contributed by atoms with Crippen LogP contribution in [0.1, 0.15) is 41.0 Å². The molecule has 106 valence electrons. The van der Waals surface area contributed by atoms with E-state index < -0.39 is 5.60 Å². The molecule has 0 spiro atoms. The summed E-state index contributed by atoms with van der Waals surface area (Å²) < 4.78 is 10.2. The SMILES string of the molecule is COC/C=C/C(CC(C)C)NC(=O)OC(C)(C)C. The van der Waals surface area contributed by atoms with Gasteiger partial charge in [0.25, 0.3) is 0 Å². The second-order valence-corrected chi connectivity index (χ2v) is 5.77. The molecule has 4 nitrogen and oxygen atoms in total. The molecule has 0 fully saturated rings. The minimum absolute atomic E-state index is 0.0185. The van der Waals surface area contributed by atoms with E-state index in [1.54, 1.807) is 7.11 Å². The van der Waals surface area contributed by atoms with E-state index in [1.165, 1.54) is 0 Å². The quantitative estimate of drug-likeness (QED) is 0.744. The Morgan fingerprint density at radius 3 is 2.39 bits per heavy atom. The molecule has 0 aliphatic rings. The molecule has 0 saturated heterocycles. The van der Waals surface area contributed by atoms with Gasteiger partial charge in [0.1, 0.15) is 5.60 Å². The van der Waals surface area contributed by atoms with Gasteiger partial charge in [-0.05, 0) is 33.1 Å². The van der Waals surface area contributed by atoms with Crippen LogP contribution in [0, 0.1) is 5.92 Å². The van der Waals surface area contributed by atoms with Crippen molar-refractivity contribution in [2.24, 2.45) is 5.92 Å². The zero-order valence-electron chi connectivity index (χ0n) is 12.4. The molecule has 0 aromatic rings. The fourth-order valence-electron chi connectivity index (χ4n) is 1.47. The molecule has 0 aliphatic carbocycles. The van der Waals surface area contributed by atoms with Gasteiger partial charge in [0.2, 0.25) is 0 Å². The molecule has 1 unspecified atom stereocenters. The number of carbonyl (C=O) groups is 1. The fourth-order valence-corrected chi connectivity index (χ4v) is 1.47. The molecule has 0 bridgehead atoms. The van der Waals surface area contributed by atoms with Gasteiger partial charge in [-0.25, -0.2) is 4.79 Å². The molecular formula is C14H27NO3. The smallest absolute Gasteiger partial charge is 0.408 e. The first-order valence-corrected chi connectivity index (χ1v) is 6.39. The molecule has 1 N–H and O–H groups in total. The topological polar surface area (TPSA) is 47.6 Å². The summed E-state index contributed by atoms with van der Waals surface area (Å²) in [5.41, 5.74) is -0.470. The van der Waals surface area contributed by atoms with Gasteiger partial charge in [-0.3, -0.25) is 0 Å². The van der Waals surface area contributed by atoms with E-state index in [0.29, 0.717) is 12.5 Å². The number of rotatable bonds is 6. The number of methoxy groups -OCH3 is 1. The molecule has 0 saturated carbocycles. The Bertz CT molecular complexity index is 267. The predicted octanol–water partition coefficient (Wildman–Crippen LogP) is 3.13. The van der Waals surface area contributed by atoms with Crippen LogP contribution in [-0.2, 0) is 9.47 Å². The van der Waals surface area contributed by atoms with Crippen molar-refractivity contribution in [2.75, 3.05) is 13.7 Å². The lowest BCUT2D eigenvalue weighted by Crippen LogP contribution is -2.38.